The van der Waals surface area contributed by atoms with Gasteiger partial charge in [0, 0.05) is 13.0 Å². The van der Waals surface area contributed by atoms with Crippen LogP contribution < -0.4 is 14.8 Å². The van der Waals surface area contributed by atoms with Crippen molar-refractivity contribution in [1.82, 2.24) is 4.72 Å². The number of hydrogen-bond donors (Lipinski definition) is 2. The van der Waals surface area contributed by atoms with Crippen molar-refractivity contribution in [2.24, 2.45) is 0 Å². The van der Waals surface area contributed by atoms with E-state index in [-0.39, 0.29) is 16.6 Å². The third kappa shape index (κ3) is 4.72. The molecule has 8 nitrogen and oxygen atoms in total. The molecule has 0 unspecified atom stereocenters. The number of hydrogen-bond acceptors (Lipinski definition) is 6. The molecule has 0 atom stereocenters. The van der Waals surface area contributed by atoms with Crippen LogP contribution in [-0.4, -0.2) is 41.1 Å². The van der Waals surface area contributed by atoms with Crippen molar-refractivity contribution in [3.05, 3.63) is 18.2 Å². The van der Waals surface area contributed by atoms with Gasteiger partial charge in [0.2, 0.25) is 15.9 Å². The van der Waals surface area contributed by atoms with E-state index in [1.165, 1.54) is 32.2 Å². The summed E-state index contributed by atoms with van der Waals surface area (Å²) >= 11 is 0. The SMILES string of the molecule is COC(=O)CNS(=O)(=O)c1ccc(NC(C)=O)c(OC)c1. The Labute approximate surface area is 122 Å². The molecular formula is C12H16N2O6S. The van der Waals surface area contributed by atoms with Crippen molar-refractivity contribution in [3.8, 4) is 5.75 Å². The minimum atomic E-state index is -3.89. The number of anilines is 1. The molecule has 0 saturated carbocycles. The average Bonchev–Trinajstić information content (AvgIpc) is 2.44. The largest absolute Gasteiger partial charge is 0.495 e. The normalized spacial score (nSPS) is 10.8. The van der Waals surface area contributed by atoms with Crippen LogP contribution in [0.15, 0.2) is 23.1 Å². The number of sulfonamides is 1. The van der Waals surface area contributed by atoms with Crippen molar-refractivity contribution in [2.45, 2.75) is 11.8 Å². The van der Waals surface area contributed by atoms with Crippen LogP contribution in [0.25, 0.3) is 0 Å². The molecule has 0 spiro atoms. The fourth-order valence-electron chi connectivity index (χ4n) is 1.44. The van der Waals surface area contributed by atoms with Gasteiger partial charge in [-0.1, -0.05) is 0 Å². The van der Waals surface area contributed by atoms with Crippen LogP contribution in [0.3, 0.4) is 0 Å². The lowest BCUT2D eigenvalue weighted by Crippen LogP contribution is -2.30. The predicted molar refractivity (Wildman–Crippen MR) is 74.5 cm³/mol. The van der Waals surface area contributed by atoms with Gasteiger partial charge in [-0.15, -0.1) is 0 Å². The summed E-state index contributed by atoms with van der Waals surface area (Å²) in [7, 11) is -1.39. The van der Waals surface area contributed by atoms with Crippen LogP contribution in [0.2, 0.25) is 0 Å². The first-order valence-electron chi connectivity index (χ1n) is 5.82. The lowest BCUT2D eigenvalue weighted by molar-refractivity contribution is -0.139. The van der Waals surface area contributed by atoms with Crippen molar-refractivity contribution < 1.29 is 27.5 Å². The zero-order chi connectivity index (χ0) is 16.0. The van der Waals surface area contributed by atoms with Gasteiger partial charge in [0.1, 0.15) is 12.3 Å². The van der Waals surface area contributed by atoms with Crippen LogP contribution in [0.1, 0.15) is 6.92 Å². The van der Waals surface area contributed by atoms with Crippen molar-refractivity contribution in [1.29, 1.82) is 0 Å². The van der Waals surface area contributed by atoms with Gasteiger partial charge >= 0.3 is 5.97 Å². The van der Waals surface area contributed by atoms with Gasteiger partial charge < -0.3 is 14.8 Å². The lowest BCUT2D eigenvalue weighted by atomic mass is 10.3. The van der Waals surface area contributed by atoms with Gasteiger partial charge in [-0.3, -0.25) is 9.59 Å². The second kappa shape index (κ2) is 7.04. The molecule has 0 heterocycles. The van der Waals surface area contributed by atoms with E-state index in [9.17, 15) is 18.0 Å². The van der Waals surface area contributed by atoms with Crippen LogP contribution in [-0.2, 0) is 24.3 Å². The fraction of sp³-hybridized carbons (Fsp3) is 0.333. The molecule has 116 valence electrons. The molecule has 0 aliphatic heterocycles. The van der Waals surface area contributed by atoms with Gasteiger partial charge in [-0.25, -0.2) is 8.42 Å². The average molecular weight is 316 g/mol. The summed E-state index contributed by atoms with van der Waals surface area (Å²) in [6.07, 6.45) is 0. The van der Waals surface area contributed by atoms with Gasteiger partial charge in [0.15, 0.2) is 0 Å². The molecule has 0 aliphatic rings. The number of nitrogens with one attached hydrogen (secondary N) is 2. The zero-order valence-corrected chi connectivity index (χ0v) is 12.6. The lowest BCUT2D eigenvalue weighted by Gasteiger charge is -2.11. The molecule has 0 fully saturated rings. The maximum atomic E-state index is 12.0. The topological polar surface area (TPSA) is 111 Å². The molecule has 1 aromatic rings. The van der Waals surface area contributed by atoms with Gasteiger partial charge in [0.05, 0.1) is 24.8 Å². The maximum absolute atomic E-state index is 12.0. The third-order valence-electron chi connectivity index (χ3n) is 2.43. The molecule has 0 bridgehead atoms. The summed E-state index contributed by atoms with van der Waals surface area (Å²) in [5, 5.41) is 2.51. The Bertz CT molecular complexity index is 641. The van der Waals surface area contributed by atoms with Gasteiger partial charge in [0.25, 0.3) is 0 Å². The summed E-state index contributed by atoms with van der Waals surface area (Å²) < 4.78 is 35.5. The second-order valence-corrected chi connectivity index (χ2v) is 5.71. The maximum Gasteiger partial charge on any atom is 0.320 e. The standard InChI is InChI=1S/C12H16N2O6S/c1-8(15)14-10-5-4-9(6-11(10)19-2)21(17,18)13-7-12(16)20-3/h4-6,13H,7H2,1-3H3,(H,14,15). The molecule has 0 radical (unpaired) electrons. The Hall–Kier alpha value is -2.13. The van der Waals surface area contributed by atoms with Crippen LogP contribution in [0, 0.1) is 0 Å². The monoisotopic (exact) mass is 316 g/mol. The Kier molecular flexibility index (Phi) is 5.68. The molecule has 2 N–H and O–H groups in total. The van der Waals surface area contributed by atoms with E-state index < -0.39 is 22.5 Å². The number of rotatable bonds is 6. The smallest absolute Gasteiger partial charge is 0.320 e. The Morgan fingerprint density at radius 1 is 1.24 bits per heavy atom. The van der Waals surface area contributed by atoms with E-state index >= 15 is 0 Å². The van der Waals surface area contributed by atoms with E-state index in [4.69, 9.17) is 4.74 Å². The minimum absolute atomic E-state index is 0.0997. The Morgan fingerprint density at radius 2 is 1.90 bits per heavy atom. The number of amides is 1. The van der Waals surface area contributed by atoms with E-state index in [2.05, 4.69) is 14.8 Å². The molecule has 0 saturated heterocycles. The van der Waals surface area contributed by atoms with Crippen LogP contribution >= 0.6 is 0 Å². The fourth-order valence-corrected chi connectivity index (χ4v) is 2.42. The second-order valence-electron chi connectivity index (χ2n) is 3.94. The summed E-state index contributed by atoms with van der Waals surface area (Å²) in [5.41, 5.74) is 0.344. The van der Waals surface area contributed by atoms with Gasteiger partial charge in [-0.2, -0.15) is 4.72 Å². The quantitative estimate of drug-likeness (QED) is 0.720. The van der Waals surface area contributed by atoms with Crippen LogP contribution in [0.4, 0.5) is 5.69 Å². The highest BCUT2D eigenvalue weighted by Crippen LogP contribution is 2.27. The minimum Gasteiger partial charge on any atom is -0.495 e. The molecule has 0 aliphatic carbocycles. The molecular weight excluding hydrogens is 300 g/mol. The summed E-state index contributed by atoms with van der Waals surface area (Å²) in [6, 6.07) is 3.92. The Morgan fingerprint density at radius 3 is 2.43 bits per heavy atom. The Balaban J connectivity index is 3.02. The molecule has 1 amide bonds. The van der Waals surface area contributed by atoms with Gasteiger partial charge in [-0.05, 0) is 12.1 Å². The first-order valence-corrected chi connectivity index (χ1v) is 7.30. The zero-order valence-electron chi connectivity index (χ0n) is 11.8. The first-order chi connectivity index (χ1) is 9.80. The molecule has 9 heteroatoms. The molecule has 21 heavy (non-hydrogen) atoms. The van der Waals surface area contributed by atoms with E-state index in [0.717, 1.165) is 7.11 Å². The predicted octanol–water partition coefficient (Wildman–Crippen LogP) is 0.105. The number of benzene rings is 1. The highest BCUT2D eigenvalue weighted by molar-refractivity contribution is 7.89. The highest BCUT2D eigenvalue weighted by atomic mass is 32.2. The number of carbonyl (C=O) groups excluding carboxylic acids is 2. The summed E-state index contributed by atoms with van der Waals surface area (Å²) in [4.78, 5) is 21.9. The summed E-state index contributed by atoms with van der Waals surface area (Å²) in [5.74, 6) is -0.834. The molecule has 1 rings (SSSR count). The van der Waals surface area contributed by atoms with Crippen LogP contribution in [0.5, 0.6) is 5.75 Å². The third-order valence-corrected chi connectivity index (χ3v) is 3.83. The van der Waals surface area contributed by atoms with Crippen molar-refractivity contribution in [3.63, 3.8) is 0 Å². The number of ether oxygens (including phenoxy) is 2. The first kappa shape index (κ1) is 16.9. The molecule has 1 aromatic carbocycles. The number of esters is 1. The van der Waals surface area contributed by atoms with E-state index in [1.54, 1.807) is 0 Å². The summed E-state index contributed by atoms with van der Waals surface area (Å²) in [6.45, 7) is 0.844. The van der Waals surface area contributed by atoms with E-state index in [0.29, 0.717) is 5.69 Å². The van der Waals surface area contributed by atoms with Crippen molar-refractivity contribution in [2.75, 3.05) is 26.1 Å². The van der Waals surface area contributed by atoms with Crippen molar-refractivity contribution >= 4 is 27.6 Å². The number of carbonyl (C=O) groups is 2. The highest BCUT2D eigenvalue weighted by Gasteiger charge is 2.18. The van der Waals surface area contributed by atoms with E-state index in [1.807, 2.05) is 0 Å². The molecule has 0 aromatic heterocycles. The number of methoxy groups -OCH3 is 2.